The van der Waals surface area contributed by atoms with E-state index in [2.05, 4.69) is 35.1 Å². The van der Waals surface area contributed by atoms with Gasteiger partial charge in [-0.25, -0.2) is 0 Å². The van der Waals surface area contributed by atoms with Crippen LogP contribution in [-0.2, 0) is 0 Å². The van der Waals surface area contributed by atoms with Crippen LogP contribution in [0.1, 0.15) is 37.0 Å². The van der Waals surface area contributed by atoms with Crippen LogP contribution in [-0.4, -0.2) is 18.0 Å². The summed E-state index contributed by atoms with van der Waals surface area (Å²) in [6.07, 6.45) is 1.65. The van der Waals surface area contributed by atoms with Gasteiger partial charge < -0.3 is 11.1 Å². The number of hydrogen-bond acceptors (Lipinski definition) is 2. The SMILES string of the molecule is CCC(CC)(CN)NC(=O)c1ccc2cc(Br)ccc2c1. The zero-order valence-electron chi connectivity index (χ0n) is 12.4. The fourth-order valence-electron chi connectivity index (χ4n) is 2.44. The minimum absolute atomic E-state index is 0.0611. The number of nitrogens with one attached hydrogen (secondary N) is 1. The highest BCUT2D eigenvalue weighted by molar-refractivity contribution is 9.10. The molecule has 3 N–H and O–H groups in total. The molecule has 0 saturated carbocycles. The molecule has 0 aromatic heterocycles. The Hall–Kier alpha value is -1.39. The topological polar surface area (TPSA) is 55.1 Å². The first-order valence-corrected chi connectivity index (χ1v) is 8.05. The highest BCUT2D eigenvalue weighted by atomic mass is 79.9. The molecule has 0 unspecified atom stereocenters. The highest BCUT2D eigenvalue weighted by Crippen LogP contribution is 2.22. The molecule has 3 nitrogen and oxygen atoms in total. The second-order valence-electron chi connectivity index (χ2n) is 5.35. The summed E-state index contributed by atoms with van der Waals surface area (Å²) in [4.78, 5) is 12.5. The second-order valence-corrected chi connectivity index (χ2v) is 6.27. The van der Waals surface area contributed by atoms with Crippen molar-refractivity contribution in [1.29, 1.82) is 0 Å². The van der Waals surface area contributed by atoms with E-state index < -0.39 is 0 Å². The van der Waals surface area contributed by atoms with E-state index in [0.717, 1.165) is 28.1 Å². The van der Waals surface area contributed by atoms with Gasteiger partial charge in [-0.3, -0.25) is 4.79 Å². The van der Waals surface area contributed by atoms with E-state index in [1.807, 2.05) is 36.4 Å². The number of carbonyl (C=O) groups is 1. The van der Waals surface area contributed by atoms with Crippen molar-refractivity contribution in [2.75, 3.05) is 6.54 Å². The van der Waals surface area contributed by atoms with Crippen LogP contribution in [0.4, 0.5) is 0 Å². The molecule has 0 atom stereocenters. The summed E-state index contributed by atoms with van der Waals surface area (Å²) in [6.45, 7) is 4.55. The number of hydrogen-bond donors (Lipinski definition) is 2. The predicted molar refractivity (Wildman–Crippen MR) is 91.5 cm³/mol. The molecule has 2 aromatic carbocycles. The Balaban J connectivity index is 2.29. The van der Waals surface area contributed by atoms with Crippen molar-refractivity contribution in [3.8, 4) is 0 Å². The van der Waals surface area contributed by atoms with Crippen LogP contribution in [0, 0.1) is 0 Å². The molecule has 0 fully saturated rings. The van der Waals surface area contributed by atoms with Gasteiger partial charge in [0.1, 0.15) is 0 Å². The molecule has 0 aliphatic rings. The standard InChI is InChI=1S/C17H21BrN2O/c1-3-17(4-2,11-19)20-16(21)14-6-5-13-10-15(18)8-7-12(13)9-14/h5-10H,3-4,11,19H2,1-2H3,(H,20,21). The number of fused-ring (bicyclic) bond motifs is 1. The van der Waals surface area contributed by atoms with Crippen LogP contribution in [0.3, 0.4) is 0 Å². The fourth-order valence-corrected chi connectivity index (χ4v) is 2.82. The predicted octanol–water partition coefficient (Wildman–Crippen LogP) is 3.85. The van der Waals surface area contributed by atoms with Crippen LogP contribution in [0.25, 0.3) is 10.8 Å². The molecule has 0 aliphatic heterocycles. The Kier molecular flexibility index (Phi) is 5.01. The number of amides is 1. The summed E-state index contributed by atoms with van der Waals surface area (Å²) in [7, 11) is 0. The van der Waals surface area contributed by atoms with E-state index in [9.17, 15) is 4.79 Å². The van der Waals surface area contributed by atoms with Gasteiger partial charge in [-0.05, 0) is 47.9 Å². The van der Waals surface area contributed by atoms with E-state index >= 15 is 0 Å². The molecule has 0 aliphatic carbocycles. The van der Waals surface area contributed by atoms with Gasteiger partial charge in [0.25, 0.3) is 5.91 Å². The highest BCUT2D eigenvalue weighted by Gasteiger charge is 2.26. The molecule has 0 spiro atoms. The zero-order chi connectivity index (χ0) is 15.5. The maximum Gasteiger partial charge on any atom is 0.251 e. The molecule has 0 heterocycles. The minimum Gasteiger partial charge on any atom is -0.345 e. The first-order chi connectivity index (χ1) is 10.0. The average Bonchev–Trinajstić information content (AvgIpc) is 2.52. The van der Waals surface area contributed by atoms with E-state index in [4.69, 9.17) is 5.73 Å². The van der Waals surface area contributed by atoms with Gasteiger partial charge >= 0.3 is 0 Å². The Bertz CT molecular complexity index is 642. The van der Waals surface area contributed by atoms with Crippen molar-refractivity contribution in [2.24, 2.45) is 5.73 Å². The van der Waals surface area contributed by atoms with Crippen molar-refractivity contribution < 1.29 is 4.79 Å². The maximum absolute atomic E-state index is 12.5. The van der Waals surface area contributed by atoms with Crippen LogP contribution in [0.15, 0.2) is 40.9 Å². The average molecular weight is 349 g/mol. The van der Waals surface area contributed by atoms with Crippen molar-refractivity contribution in [3.05, 3.63) is 46.4 Å². The fraction of sp³-hybridized carbons (Fsp3) is 0.353. The summed E-state index contributed by atoms with van der Waals surface area (Å²) in [5, 5.41) is 5.26. The van der Waals surface area contributed by atoms with Gasteiger partial charge in [0.2, 0.25) is 0 Å². The first-order valence-electron chi connectivity index (χ1n) is 7.25. The lowest BCUT2D eigenvalue weighted by molar-refractivity contribution is 0.0895. The molecule has 112 valence electrons. The molecule has 2 rings (SSSR count). The molecule has 0 saturated heterocycles. The van der Waals surface area contributed by atoms with Gasteiger partial charge in [0.05, 0.1) is 5.54 Å². The first kappa shape index (κ1) is 16.0. The molecular weight excluding hydrogens is 328 g/mol. The lowest BCUT2D eigenvalue weighted by atomic mass is 9.92. The van der Waals surface area contributed by atoms with E-state index in [1.165, 1.54) is 0 Å². The summed E-state index contributed by atoms with van der Waals surface area (Å²) in [5.74, 6) is -0.0611. The Morgan fingerprint density at radius 1 is 1.14 bits per heavy atom. The molecule has 4 heteroatoms. The molecule has 21 heavy (non-hydrogen) atoms. The Morgan fingerprint density at radius 2 is 1.76 bits per heavy atom. The monoisotopic (exact) mass is 348 g/mol. The van der Waals surface area contributed by atoms with E-state index in [-0.39, 0.29) is 11.4 Å². The van der Waals surface area contributed by atoms with E-state index in [0.29, 0.717) is 12.1 Å². The lowest BCUT2D eigenvalue weighted by Crippen LogP contribution is -2.52. The molecular formula is C17H21BrN2O. The van der Waals surface area contributed by atoms with Crippen molar-refractivity contribution in [1.82, 2.24) is 5.32 Å². The van der Waals surface area contributed by atoms with Gasteiger partial charge in [-0.2, -0.15) is 0 Å². The largest absolute Gasteiger partial charge is 0.345 e. The number of halogens is 1. The van der Waals surface area contributed by atoms with Gasteiger partial charge in [-0.1, -0.05) is 41.9 Å². The third-order valence-corrected chi connectivity index (χ3v) is 4.68. The zero-order valence-corrected chi connectivity index (χ0v) is 14.0. The minimum atomic E-state index is -0.314. The van der Waals surface area contributed by atoms with Crippen LogP contribution in [0.5, 0.6) is 0 Å². The van der Waals surface area contributed by atoms with Gasteiger partial charge in [0, 0.05) is 16.6 Å². The number of nitrogens with two attached hydrogens (primary N) is 1. The number of carbonyl (C=O) groups excluding carboxylic acids is 1. The van der Waals surface area contributed by atoms with Crippen molar-refractivity contribution >= 4 is 32.6 Å². The van der Waals surface area contributed by atoms with Crippen LogP contribution >= 0.6 is 15.9 Å². The van der Waals surface area contributed by atoms with Crippen LogP contribution < -0.4 is 11.1 Å². The maximum atomic E-state index is 12.5. The third kappa shape index (κ3) is 3.44. The quantitative estimate of drug-likeness (QED) is 0.862. The van der Waals surface area contributed by atoms with Gasteiger partial charge in [0.15, 0.2) is 0 Å². The molecule has 0 bridgehead atoms. The van der Waals surface area contributed by atoms with E-state index in [1.54, 1.807) is 0 Å². The van der Waals surface area contributed by atoms with Crippen LogP contribution in [0.2, 0.25) is 0 Å². The molecule has 2 aromatic rings. The van der Waals surface area contributed by atoms with Crippen molar-refractivity contribution in [2.45, 2.75) is 32.2 Å². The summed E-state index contributed by atoms with van der Waals surface area (Å²) in [6, 6.07) is 11.8. The van der Waals surface area contributed by atoms with Gasteiger partial charge in [-0.15, -0.1) is 0 Å². The Morgan fingerprint density at radius 3 is 2.38 bits per heavy atom. The summed E-state index contributed by atoms with van der Waals surface area (Å²) >= 11 is 3.45. The smallest absolute Gasteiger partial charge is 0.251 e. The molecule has 1 amide bonds. The van der Waals surface area contributed by atoms with Crippen molar-refractivity contribution in [3.63, 3.8) is 0 Å². The summed E-state index contributed by atoms with van der Waals surface area (Å²) in [5.41, 5.74) is 6.20. The number of rotatable bonds is 5. The molecule has 0 radical (unpaired) electrons. The normalized spacial score (nSPS) is 11.6. The third-order valence-electron chi connectivity index (χ3n) is 4.19. The Labute approximate surface area is 134 Å². The lowest BCUT2D eigenvalue weighted by Gasteiger charge is -2.31. The number of benzene rings is 2. The second kappa shape index (κ2) is 6.58. The summed E-state index contributed by atoms with van der Waals surface area (Å²) < 4.78 is 1.03.